The van der Waals surface area contributed by atoms with Gasteiger partial charge in [0.15, 0.2) is 17.1 Å². The van der Waals surface area contributed by atoms with Gasteiger partial charge in [0.05, 0.1) is 5.57 Å². The first-order valence-corrected chi connectivity index (χ1v) is 10.2. The molecule has 3 aromatic carbocycles. The standard InChI is InChI=1S/C25H14NO4P/c27-22-18-9-14-3-1-2-4-15(14)10-19(18)23(28)20(22)11-16-12-21-25(29-16)26-24(30-21)13-5-7-17(31)8-6-13/h1-12H,31H2. The first-order valence-electron chi connectivity index (χ1n) is 9.67. The summed E-state index contributed by atoms with van der Waals surface area (Å²) >= 11 is 0. The van der Waals surface area contributed by atoms with Crippen LogP contribution in [0.25, 0.3) is 39.6 Å². The Labute approximate surface area is 178 Å². The van der Waals surface area contributed by atoms with Crippen molar-refractivity contribution in [3.8, 4) is 11.5 Å². The van der Waals surface area contributed by atoms with E-state index in [1.165, 1.54) is 6.08 Å². The van der Waals surface area contributed by atoms with Crippen LogP contribution in [0, 0.1) is 0 Å². The Morgan fingerprint density at radius 2 is 1.45 bits per heavy atom. The van der Waals surface area contributed by atoms with Gasteiger partial charge in [0.1, 0.15) is 5.76 Å². The van der Waals surface area contributed by atoms with Crippen molar-refractivity contribution in [2.75, 3.05) is 0 Å². The highest BCUT2D eigenvalue weighted by Crippen LogP contribution is 2.33. The smallest absolute Gasteiger partial charge is 0.266 e. The fourth-order valence-corrected chi connectivity index (χ4v) is 4.05. The molecule has 1 aliphatic rings. The van der Waals surface area contributed by atoms with Crippen LogP contribution in [0.1, 0.15) is 26.5 Å². The van der Waals surface area contributed by atoms with E-state index in [4.69, 9.17) is 8.83 Å². The minimum atomic E-state index is -0.301. The summed E-state index contributed by atoms with van der Waals surface area (Å²) in [6, 6.07) is 20.5. The van der Waals surface area contributed by atoms with Crippen molar-refractivity contribution in [1.29, 1.82) is 0 Å². The molecule has 148 valence electrons. The highest BCUT2D eigenvalue weighted by Gasteiger charge is 2.33. The Morgan fingerprint density at radius 1 is 0.806 bits per heavy atom. The topological polar surface area (TPSA) is 73.3 Å². The van der Waals surface area contributed by atoms with E-state index in [-0.39, 0.29) is 17.1 Å². The number of rotatable bonds is 2. The number of carbonyl (C=O) groups excluding carboxylic acids is 2. The number of allylic oxidation sites excluding steroid dienone is 1. The molecule has 31 heavy (non-hydrogen) atoms. The number of oxazole rings is 1. The maximum Gasteiger partial charge on any atom is 0.266 e. The van der Waals surface area contributed by atoms with Crippen molar-refractivity contribution in [2.24, 2.45) is 0 Å². The molecule has 6 heteroatoms. The minimum absolute atomic E-state index is 0.0815. The van der Waals surface area contributed by atoms with Crippen LogP contribution < -0.4 is 5.30 Å². The van der Waals surface area contributed by atoms with Crippen molar-refractivity contribution in [3.63, 3.8) is 0 Å². The molecule has 1 unspecified atom stereocenters. The molecule has 6 rings (SSSR count). The number of benzene rings is 3. The van der Waals surface area contributed by atoms with Crippen molar-refractivity contribution >= 4 is 54.3 Å². The highest BCUT2D eigenvalue weighted by molar-refractivity contribution is 7.27. The summed E-state index contributed by atoms with van der Waals surface area (Å²) in [5, 5.41) is 2.91. The van der Waals surface area contributed by atoms with Gasteiger partial charge >= 0.3 is 0 Å². The Kier molecular flexibility index (Phi) is 3.83. The highest BCUT2D eigenvalue weighted by atomic mass is 31.0. The lowest BCUT2D eigenvalue weighted by molar-refractivity contribution is 0.0990. The number of hydrogen-bond donors (Lipinski definition) is 0. The van der Waals surface area contributed by atoms with Gasteiger partial charge in [0.25, 0.3) is 5.71 Å². The van der Waals surface area contributed by atoms with Gasteiger partial charge in [0.2, 0.25) is 5.89 Å². The van der Waals surface area contributed by atoms with E-state index in [1.807, 2.05) is 48.5 Å². The zero-order valence-electron chi connectivity index (χ0n) is 16.1. The molecule has 0 saturated heterocycles. The zero-order chi connectivity index (χ0) is 21.1. The molecule has 0 spiro atoms. The first kappa shape index (κ1) is 18.0. The lowest BCUT2D eigenvalue weighted by Gasteiger charge is -2.00. The van der Waals surface area contributed by atoms with E-state index < -0.39 is 0 Å². The second kappa shape index (κ2) is 6.59. The normalized spacial score (nSPS) is 13.4. The second-order valence-electron chi connectivity index (χ2n) is 7.42. The van der Waals surface area contributed by atoms with Crippen LogP contribution in [0.5, 0.6) is 0 Å². The van der Waals surface area contributed by atoms with Crippen LogP contribution in [0.4, 0.5) is 0 Å². The predicted octanol–water partition coefficient (Wildman–Crippen LogP) is 5.20. The van der Waals surface area contributed by atoms with E-state index >= 15 is 0 Å². The molecule has 0 radical (unpaired) electrons. The van der Waals surface area contributed by atoms with Gasteiger partial charge in [-0.05, 0) is 46.4 Å². The number of furan rings is 1. The molecule has 5 nitrogen and oxygen atoms in total. The van der Waals surface area contributed by atoms with Crippen LogP contribution in [-0.2, 0) is 0 Å². The van der Waals surface area contributed by atoms with Crippen LogP contribution >= 0.6 is 9.24 Å². The third kappa shape index (κ3) is 2.86. The number of aromatic nitrogens is 1. The lowest BCUT2D eigenvalue weighted by Crippen LogP contribution is -1.99. The van der Waals surface area contributed by atoms with E-state index in [0.29, 0.717) is 34.1 Å². The van der Waals surface area contributed by atoms with Crippen LogP contribution in [-0.4, -0.2) is 16.6 Å². The van der Waals surface area contributed by atoms with E-state index in [9.17, 15) is 9.59 Å². The van der Waals surface area contributed by atoms with Gasteiger partial charge in [0, 0.05) is 22.8 Å². The molecule has 1 atom stereocenters. The van der Waals surface area contributed by atoms with Crippen molar-refractivity contribution in [1.82, 2.24) is 4.98 Å². The predicted molar refractivity (Wildman–Crippen MR) is 122 cm³/mol. The molecule has 0 N–H and O–H groups in total. The average molecular weight is 423 g/mol. The van der Waals surface area contributed by atoms with Crippen LogP contribution in [0.3, 0.4) is 0 Å². The molecule has 0 bridgehead atoms. The summed E-state index contributed by atoms with van der Waals surface area (Å²) in [5.41, 5.74) is 2.53. The number of carbonyl (C=O) groups is 2. The summed E-state index contributed by atoms with van der Waals surface area (Å²) in [5.74, 6) is 0.196. The lowest BCUT2D eigenvalue weighted by atomic mass is 10.0. The fourth-order valence-electron chi connectivity index (χ4n) is 3.86. The summed E-state index contributed by atoms with van der Waals surface area (Å²) in [4.78, 5) is 30.2. The maximum atomic E-state index is 12.9. The molecule has 2 aromatic heterocycles. The molecule has 0 saturated carbocycles. The van der Waals surface area contributed by atoms with Gasteiger partial charge in [-0.1, -0.05) is 36.4 Å². The third-order valence-corrected chi connectivity index (χ3v) is 5.80. The quantitative estimate of drug-likeness (QED) is 0.222. The molecule has 0 amide bonds. The summed E-state index contributed by atoms with van der Waals surface area (Å²) < 4.78 is 11.5. The van der Waals surface area contributed by atoms with Crippen LogP contribution in [0.2, 0.25) is 0 Å². The van der Waals surface area contributed by atoms with Gasteiger partial charge in [-0.15, -0.1) is 9.24 Å². The van der Waals surface area contributed by atoms with Gasteiger partial charge in [-0.2, -0.15) is 4.98 Å². The third-order valence-electron chi connectivity index (χ3n) is 5.42. The fraction of sp³-hybridized carbons (Fsp3) is 0. The molecule has 2 heterocycles. The van der Waals surface area contributed by atoms with E-state index in [0.717, 1.165) is 21.6 Å². The number of ketones is 2. The molecule has 0 aliphatic heterocycles. The molecule has 1 aliphatic carbocycles. The van der Waals surface area contributed by atoms with Crippen LogP contribution in [0.15, 0.2) is 81.1 Å². The monoisotopic (exact) mass is 423 g/mol. The van der Waals surface area contributed by atoms with E-state index in [1.54, 1.807) is 18.2 Å². The summed E-state index contributed by atoms with van der Waals surface area (Å²) in [6.07, 6.45) is 1.47. The molecular weight excluding hydrogens is 409 g/mol. The number of nitrogens with zero attached hydrogens (tertiary/aromatic N) is 1. The molecule has 0 fully saturated rings. The number of fused-ring (bicyclic) bond motifs is 3. The number of hydrogen-bond acceptors (Lipinski definition) is 5. The Bertz CT molecular complexity index is 1480. The average Bonchev–Trinajstić information content (AvgIpc) is 3.40. The van der Waals surface area contributed by atoms with E-state index in [2.05, 4.69) is 14.2 Å². The minimum Gasteiger partial charge on any atom is -0.436 e. The number of Topliss-reactive ketones (excluding diaryl/α,β-unsaturated/α-hetero) is 2. The van der Waals surface area contributed by atoms with Gasteiger partial charge < -0.3 is 8.83 Å². The summed E-state index contributed by atoms with van der Waals surface area (Å²) in [6.45, 7) is 0. The Morgan fingerprint density at radius 3 is 2.06 bits per heavy atom. The largest absolute Gasteiger partial charge is 0.436 e. The zero-order valence-corrected chi connectivity index (χ0v) is 17.2. The van der Waals surface area contributed by atoms with Crippen molar-refractivity contribution in [2.45, 2.75) is 0 Å². The second-order valence-corrected chi connectivity index (χ2v) is 8.09. The van der Waals surface area contributed by atoms with Crippen molar-refractivity contribution in [3.05, 3.63) is 89.2 Å². The Hall–Kier alpha value is -3.82. The Balaban J connectivity index is 1.38. The van der Waals surface area contributed by atoms with Gasteiger partial charge in [-0.3, -0.25) is 9.59 Å². The molecule has 5 aromatic rings. The first-order chi connectivity index (χ1) is 15.1. The maximum absolute atomic E-state index is 12.9. The van der Waals surface area contributed by atoms with Crippen molar-refractivity contribution < 1.29 is 18.4 Å². The summed E-state index contributed by atoms with van der Waals surface area (Å²) in [7, 11) is 2.63. The van der Waals surface area contributed by atoms with Gasteiger partial charge in [-0.25, -0.2) is 0 Å². The SMILES string of the molecule is O=C1C(=Cc2cc3oc(-c4ccc(P)cc4)nc3o2)C(=O)c2cc3ccccc3cc21. The molecular formula is C25H14NO4P.